The van der Waals surface area contributed by atoms with Gasteiger partial charge in [-0.3, -0.25) is 4.79 Å². The number of amides is 1. The van der Waals surface area contributed by atoms with E-state index in [1.54, 1.807) is 12.1 Å². The van der Waals surface area contributed by atoms with E-state index in [-0.39, 0.29) is 5.91 Å². The Morgan fingerprint density at radius 1 is 1.54 bits per heavy atom. The first-order valence-electron chi connectivity index (χ1n) is 4.19. The van der Waals surface area contributed by atoms with Gasteiger partial charge in [0.2, 0.25) is 5.91 Å². The molecule has 1 aromatic carbocycles. The average molecular weight is 198 g/mol. The molecule has 0 aliphatic heterocycles. The first-order valence-corrected chi connectivity index (χ1v) is 4.57. The molecule has 13 heavy (non-hydrogen) atoms. The maximum Gasteiger partial charge on any atom is 0.221 e. The van der Waals surface area contributed by atoms with E-state index in [0.29, 0.717) is 0 Å². The molecule has 0 aliphatic rings. The molecule has 2 nitrogen and oxygen atoms in total. The summed E-state index contributed by atoms with van der Waals surface area (Å²) in [5.74, 6) is -0.0654. The Balaban J connectivity index is 2.92. The number of nitrogens with one attached hydrogen (secondary N) is 1. The fourth-order valence-electron chi connectivity index (χ4n) is 1.13. The van der Waals surface area contributed by atoms with Gasteiger partial charge in [0.1, 0.15) is 0 Å². The largest absolute Gasteiger partial charge is 0.326 e. The molecule has 1 aromatic rings. The quantitative estimate of drug-likeness (QED) is 0.776. The van der Waals surface area contributed by atoms with Crippen LogP contribution < -0.4 is 5.32 Å². The van der Waals surface area contributed by atoms with Crippen LogP contribution in [0.25, 0.3) is 0 Å². The normalized spacial score (nSPS) is 9.77. The lowest BCUT2D eigenvalue weighted by atomic mass is 10.1. The molecule has 0 atom stereocenters. The molecule has 0 heterocycles. The maximum absolute atomic E-state index is 10.8. The molecule has 0 saturated heterocycles. The van der Waals surface area contributed by atoms with Crippen molar-refractivity contribution >= 4 is 23.2 Å². The summed E-state index contributed by atoms with van der Waals surface area (Å²) < 4.78 is 0. The van der Waals surface area contributed by atoms with Crippen LogP contribution in [0.3, 0.4) is 0 Å². The zero-order chi connectivity index (χ0) is 9.84. The van der Waals surface area contributed by atoms with Crippen LogP contribution in [0.4, 0.5) is 5.69 Å². The van der Waals surface area contributed by atoms with E-state index in [2.05, 4.69) is 5.32 Å². The van der Waals surface area contributed by atoms with Gasteiger partial charge in [-0.05, 0) is 30.2 Å². The molecule has 3 heteroatoms. The molecule has 0 saturated carbocycles. The predicted molar refractivity (Wildman–Crippen MR) is 55.1 cm³/mol. The van der Waals surface area contributed by atoms with Gasteiger partial charge in [-0.25, -0.2) is 0 Å². The number of aryl methyl sites for hydroxylation is 1. The van der Waals surface area contributed by atoms with Crippen LogP contribution in [0.15, 0.2) is 18.2 Å². The van der Waals surface area contributed by atoms with E-state index in [1.807, 2.05) is 13.0 Å². The van der Waals surface area contributed by atoms with Crippen molar-refractivity contribution in [1.29, 1.82) is 0 Å². The van der Waals surface area contributed by atoms with Crippen molar-refractivity contribution in [3.8, 4) is 0 Å². The first kappa shape index (κ1) is 10.1. The van der Waals surface area contributed by atoms with Crippen molar-refractivity contribution < 1.29 is 4.79 Å². The number of carbonyl (C=O) groups is 1. The second kappa shape index (κ2) is 4.28. The first-order chi connectivity index (χ1) is 6.13. The van der Waals surface area contributed by atoms with Gasteiger partial charge in [0.15, 0.2) is 0 Å². The minimum absolute atomic E-state index is 0.0654. The Morgan fingerprint density at radius 2 is 2.23 bits per heavy atom. The number of anilines is 1. The third kappa shape index (κ3) is 2.74. The summed E-state index contributed by atoms with van der Waals surface area (Å²) in [6, 6.07) is 5.48. The molecule has 0 aromatic heterocycles. The highest BCUT2D eigenvalue weighted by Crippen LogP contribution is 2.20. The molecular formula is C10H12ClNO. The summed E-state index contributed by atoms with van der Waals surface area (Å²) in [5, 5.41) is 3.46. The second-order valence-electron chi connectivity index (χ2n) is 2.84. The lowest BCUT2D eigenvalue weighted by Crippen LogP contribution is -2.05. The summed E-state index contributed by atoms with van der Waals surface area (Å²) in [7, 11) is 0. The number of hydrogen-bond acceptors (Lipinski definition) is 1. The standard InChI is InChI=1S/C10H12ClNO/c1-3-8-6-9(12-7(2)13)4-5-10(8)11/h4-6H,3H2,1-2H3,(H,12,13). The van der Waals surface area contributed by atoms with Gasteiger partial charge < -0.3 is 5.32 Å². The van der Waals surface area contributed by atoms with Crippen LogP contribution in [-0.4, -0.2) is 5.91 Å². The summed E-state index contributed by atoms with van der Waals surface area (Å²) >= 11 is 5.92. The Hall–Kier alpha value is -1.02. The van der Waals surface area contributed by atoms with Crippen LogP contribution in [0.1, 0.15) is 19.4 Å². The van der Waals surface area contributed by atoms with Crippen molar-refractivity contribution in [2.45, 2.75) is 20.3 Å². The molecule has 0 radical (unpaired) electrons. The SMILES string of the molecule is CCc1cc(NC(C)=O)ccc1Cl. The fourth-order valence-corrected chi connectivity index (χ4v) is 1.38. The zero-order valence-electron chi connectivity index (χ0n) is 7.73. The molecule has 70 valence electrons. The number of rotatable bonds is 2. The van der Waals surface area contributed by atoms with Crippen molar-refractivity contribution in [1.82, 2.24) is 0 Å². The zero-order valence-corrected chi connectivity index (χ0v) is 8.48. The Labute approximate surface area is 82.9 Å². The van der Waals surface area contributed by atoms with Crippen LogP contribution in [0, 0.1) is 0 Å². The van der Waals surface area contributed by atoms with Crippen molar-refractivity contribution in [2.24, 2.45) is 0 Å². The summed E-state index contributed by atoms with van der Waals surface area (Å²) in [6.45, 7) is 3.51. The van der Waals surface area contributed by atoms with E-state index in [0.717, 1.165) is 22.7 Å². The molecule has 0 fully saturated rings. The number of carbonyl (C=O) groups excluding carboxylic acids is 1. The van der Waals surface area contributed by atoms with Gasteiger partial charge in [0.05, 0.1) is 0 Å². The highest BCUT2D eigenvalue weighted by atomic mass is 35.5. The Morgan fingerprint density at radius 3 is 2.77 bits per heavy atom. The number of hydrogen-bond donors (Lipinski definition) is 1. The monoisotopic (exact) mass is 197 g/mol. The van der Waals surface area contributed by atoms with Crippen molar-refractivity contribution in [3.63, 3.8) is 0 Å². The number of benzene rings is 1. The third-order valence-electron chi connectivity index (χ3n) is 1.75. The minimum atomic E-state index is -0.0654. The van der Waals surface area contributed by atoms with Gasteiger partial charge >= 0.3 is 0 Å². The van der Waals surface area contributed by atoms with Gasteiger partial charge in [-0.15, -0.1) is 0 Å². The Bertz CT molecular complexity index is 323. The fraction of sp³-hybridized carbons (Fsp3) is 0.300. The van der Waals surface area contributed by atoms with Gasteiger partial charge in [0.25, 0.3) is 0 Å². The summed E-state index contributed by atoms with van der Waals surface area (Å²) in [6.07, 6.45) is 0.867. The molecule has 1 amide bonds. The van der Waals surface area contributed by atoms with Crippen LogP contribution in [-0.2, 0) is 11.2 Å². The maximum atomic E-state index is 10.8. The van der Waals surface area contributed by atoms with E-state index in [4.69, 9.17) is 11.6 Å². The predicted octanol–water partition coefficient (Wildman–Crippen LogP) is 2.86. The molecule has 0 aliphatic carbocycles. The topological polar surface area (TPSA) is 29.1 Å². The minimum Gasteiger partial charge on any atom is -0.326 e. The van der Waals surface area contributed by atoms with E-state index in [1.165, 1.54) is 6.92 Å². The lowest BCUT2D eigenvalue weighted by Gasteiger charge is -2.05. The second-order valence-corrected chi connectivity index (χ2v) is 3.25. The third-order valence-corrected chi connectivity index (χ3v) is 2.12. The summed E-state index contributed by atoms with van der Waals surface area (Å²) in [4.78, 5) is 10.8. The highest BCUT2D eigenvalue weighted by molar-refractivity contribution is 6.31. The van der Waals surface area contributed by atoms with Gasteiger partial charge in [0, 0.05) is 17.6 Å². The van der Waals surface area contributed by atoms with Gasteiger partial charge in [-0.2, -0.15) is 0 Å². The smallest absolute Gasteiger partial charge is 0.221 e. The van der Waals surface area contributed by atoms with Gasteiger partial charge in [-0.1, -0.05) is 18.5 Å². The van der Waals surface area contributed by atoms with E-state index in [9.17, 15) is 4.79 Å². The molecular weight excluding hydrogens is 186 g/mol. The molecule has 0 spiro atoms. The Kier molecular flexibility index (Phi) is 3.32. The lowest BCUT2D eigenvalue weighted by molar-refractivity contribution is -0.114. The van der Waals surface area contributed by atoms with Crippen LogP contribution in [0.5, 0.6) is 0 Å². The molecule has 1 rings (SSSR count). The molecule has 1 N–H and O–H groups in total. The van der Waals surface area contributed by atoms with Crippen LogP contribution >= 0.6 is 11.6 Å². The molecule has 0 unspecified atom stereocenters. The molecule has 0 bridgehead atoms. The van der Waals surface area contributed by atoms with Crippen LogP contribution in [0.2, 0.25) is 5.02 Å². The van der Waals surface area contributed by atoms with E-state index < -0.39 is 0 Å². The number of halogens is 1. The van der Waals surface area contributed by atoms with Crippen molar-refractivity contribution in [3.05, 3.63) is 28.8 Å². The van der Waals surface area contributed by atoms with E-state index >= 15 is 0 Å². The van der Waals surface area contributed by atoms with Crippen molar-refractivity contribution in [2.75, 3.05) is 5.32 Å². The summed E-state index contributed by atoms with van der Waals surface area (Å²) in [5.41, 5.74) is 1.85. The highest BCUT2D eigenvalue weighted by Gasteiger charge is 2.00. The average Bonchev–Trinajstić information content (AvgIpc) is 2.07.